The lowest BCUT2D eigenvalue weighted by molar-refractivity contribution is -0.394. The number of fused-ring (bicyclic) bond motifs is 3. The molecule has 2 aromatic carbocycles. The molecule has 22 heavy (non-hydrogen) atoms. The van der Waals surface area contributed by atoms with Crippen LogP contribution in [0, 0.1) is 30.3 Å². The Labute approximate surface area is 122 Å². The van der Waals surface area contributed by atoms with Crippen molar-refractivity contribution in [2.24, 2.45) is 0 Å². The fourth-order valence-electron chi connectivity index (χ4n) is 2.61. The number of hydrogen-bond acceptors (Lipinski definition) is 6. The number of non-ortho nitro benzene ring substituents is 2. The molecule has 0 bridgehead atoms. The fraction of sp³-hybridized carbons (Fsp3) is 0.0769. The zero-order chi connectivity index (χ0) is 16.0. The Bertz CT molecular complexity index is 861. The van der Waals surface area contributed by atoms with Crippen molar-refractivity contribution < 1.29 is 14.8 Å². The topological polar surface area (TPSA) is 129 Å². The molecule has 2 aromatic rings. The molecule has 3 rings (SSSR count). The van der Waals surface area contributed by atoms with Gasteiger partial charge in [0, 0.05) is 30.2 Å². The van der Waals surface area contributed by atoms with Crippen molar-refractivity contribution in [3.63, 3.8) is 0 Å². The van der Waals surface area contributed by atoms with Crippen LogP contribution < -0.4 is 0 Å². The molecular weight excluding hydrogens is 294 g/mol. The van der Waals surface area contributed by atoms with E-state index in [1.165, 1.54) is 24.3 Å². The van der Waals surface area contributed by atoms with Gasteiger partial charge in [-0.25, -0.2) is 0 Å². The van der Waals surface area contributed by atoms with E-state index in [2.05, 4.69) is 0 Å². The van der Waals surface area contributed by atoms with E-state index >= 15 is 0 Å². The number of rotatable bonds is 3. The van der Waals surface area contributed by atoms with Crippen molar-refractivity contribution in [3.05, 3.63) is 71.8 Å². The number of nitrogens with zero attached hydrogens (tertiary/aromatic N) is 3. The Balaban J connectivity index is 2.29. The van der Waals surface area contributed by atoms with Crippen molar-refractivity contribution in [3.8, 4) is 11.1 Å². The summed E-state index contributed by atoms with van der Waals surface area (Å²) in [6.45, 7) is 0. The van der Waals surface area contributed by atoms with Gasteiger partial charge in [0.2, 0.25) is 0 Å². The Hall–Kier alpha value is -3.36. The summed E-state index contributed by atoms with van der Waals surface area (Å²) in [6, 6.07) is 6.25. The van der Waals surface area contributed by atoms with Crippen LogP contribution in [0.15, 0.2) is 30.3 Å². The van der Waals surface area contributed by atoms with Crippen molar-refractivity contribution in [1.82, 2.24) is 0 Å². The first-order valence-corrected chi connectivity index (χ1v) is 6.12. The van der Waals surface area contributed by atoms with Gasteiger partial charge in [0.15, 0.2) is 0 Å². The van der Waals surface area contributed by atoms with Crippen LogP contribution >= 0.6 is 0 Å². The lowest BCUT2D eigenvalue weighted by Gasteiger charge is -2.02. The molecule has 0 heterocycles. The molecule has 1 aliphatic carbocycles. The highest BCUT2D eigenvalue weighted by molar-refractivity contribution is 5.83. The minimum atomic E-state index is -0.720. The largest absolute Gasteiger partial charge is 0.280 e. The quantitative estimate of drug-likeness (QED) is 0.540. The maximum Gasteiger partial charge on any atom is 0.280 e. The maximum atomic E-state index is 11.1. The number of nitro groups is 3. The van der Waals surface area contributed by atoms with Crippen LogP contribution in [0.5, 0.6) is 0 Å². The zero-order valence-corrected chi connectivity index (χ0v) is 10.9. The van der Waals surface area contributed by atoms with Gasteiger partial charge in [0.05, 0.1) is 20.8 Å². The lowest BCUT2D eigenvalue weighted by Crippen LogP contribution is -1.97. The van der Waals surface area contributed by atoms with Crippen molar-refractivity contribution in [2.75, 3.05) is 0 Å². The Morgan fingerprint density at radius 2 is 1.41 bits per heavy atom. The van der Waals surface area contributed by atoms with Crippen LogP contribution in [-0.4, -0.2) is 14.8 Å². The highest BCUT2D eigenvalue weighted by atomic mass is 16.6. The van der Waals surface area contributed by atoms with Crippen LogP contribution in [0.3, 0.4) is 0 Å². The van der Waals surface area contributed by atoms with Crippen LogP contribution in [0.2, 0.25) is 0 Å². The molecule has 0 fully saturated rings. The van der Waals surface area contributed by atoms with Gasteiger partial charge in [-0.15, -0.1) is 0 Å². The van der Waals surface area contributed by atoms with E-state index in [4.69, 9.17) is 0 Å². The van der Waals surface area contributed by atoms with Crippen LogP contribution in [-0.2, 0) is 6.42 Å². The lowest BCUT2D eigenvalue weighted by atomic mass is 10.0. The molecule has 0 atom stereocenters. The molecule has 9 heteroatoms. The second-order valence-corrected chi connectivity index (χ2v) is 4.78. The first kappa shape index (κ1) is 13.6. The molecule has 0 unspecified atom stereocenters. The summed E-state index contributed by atoms with van der Waals surface area (Å²) in [4.78, 5) is 31.0. The molecule has 0 aromatic heterocycles. The van der Waals surface area contributed by atoms with E-state index in [0.717, 1.165) is 6.07 Å². The molecule has 0 radical (unpaired) electrons. The van der Waals surface area contributed by atoms with E-state index < -0.39 is 20.5 Å². The third kappa shape index (κ3) is 1.95. The molecular formula is C13H7N3O6. The highest BCUT2D eigenvalue weighted by Gasteiger charge is 2.31. The maximum absolute atomic E-state index is 11.1. The first-order valence-electron chi connectivity index (χ1n) is 6.12. The molecule has 0 saturated carbocycles. The number of nitro benzene ring substituents is 3. The van der Waals surface area contributed by atoms with Gasteiger partial charge in [-0.2, -0.15) is 0 Å². The van der Waals surface area contributed by atoms with E-state index in [1.54, 1.807) is 0 Å². The molecule has 1 aliphatic rings. The Morgan fingerprint density at radius 1 is 0.773 bits per heavy atom. The highest BCUT2D eigenvalue weighted by Crippen LogP contribution is 2.44. The molecule has 0 aliphatic heterocycles. The summed E-state index contributed by atoms with van der Waals surface area (Å²) in [6.07, 6.45) is 0.219. The molecule has 9 nitrogen and oxygen atoms in total. The van der Waals surface area contributed by atoms with Crippen molar-refractivity contribution in [1.29, 1.82) is 0 Å². The molecule has 110 valence electrons. The summed E-state index contributed by atoms with van der Waals surface area (Å²) < 4.78 is 0. The monoisotopic (exact) mass is 301 g/mol. The predicted molar refractivity (Wildman–Crippen MR) is 74.6 cm³/mol. The van der Waals surface area contributed by atoms with Gasteiger partial charge in [0.25, 0.3) is 17.1 Å². The molecule has 0 amide bonds. The summed E-state index contributed by atoms with van der Waals surface area (Å²) in [5, 5.41) is 32.9. The van der Waals surface area contributed by atoms with Gasteiger partial charge in [-0.3, -0.25) is 30.3 Å². The number of hydrogen-bond donors (Lipinski definition) is 0. The Kier molecular flexibility index (Phi) is 2.84. The fourth-order valence-corrected chi connectivity index (χ4v) is 2.61. The summed E-state index contributed by atoms with van der Waals surface area (Å²) >= 11 is 0. The third-order valence-corrected chi connectivity index (χ3v) is 3.58. The Morgan fingerprint density at radius 3 is 2.00 bits per heavy atom. The summed E-state index contributed by atoms with van der Waals surface area (Å²) in [7, 11) is 0. The van der Waals surface area contributed by atoms with Crippen LogP contribution in [0.4, 0.5) is 17.1 Å². The molecule has 0 saturated heterocycles. The second-order valence-electron chi connectivity index (χ2n) is 4.78. The standard InChI is InChI=1S/C13H7N3O6/c17-14(18)8-2-1-7-3-12-11(10(7)4-8)5-9(15(19)20)6-13(12)16(21)22/h1-2,4-6H,3H2. The number of benzene rings is 2. The molecule has 0 N–H and O–H groups in total. The van der Waals surface area contributed by atoms with E-state index in [-0.39, 0.29) is 17.8 Å². The van der Waals surface area contributed by atoms with Crippen LogP contribution in [0.1, 0.15) is 11.1 Å². The average Bonchev–Trinajstić information content (AvgIpc) is 2.83. The molecule has 0 spiro atoms. The minimum absolute atomic E-state index is 0.166. The van der Waals surface area contributed by atoms with Crippen molar-refractivity contribution >= 4 is 17.1 Å². The van der Waals surface area contributed by atoms with Gasteiger partial charge < -0.3 is 0 Å². The average molecular weight is 301 g/mol. The predicted octanol–water partition coefficient (Wildman–Crippen LogP) is 2.98. The van der Waals surface area contributed by atoms with E-state index in [0.29, 0.717) is 22.3 Å². The third-order valence-electron chi connectivity index (χ3n) is 3.58. The summed E-state index contributed by atoms with van der Waals surface area (Å²) in [5.74, 6) is 0. The second kappa shape index (κ2) is 4.58. The van der Waals surface area contributed by atoms with Gasteiger partial charge in [-0.05, 0) is 16.7 Å². The SMILES string of the molecule is O=[N+]([O-])c1ccc2c(c1)-c1cc([N+](=O)[O-])cc([N+](=O)[O-])c1C2. The van der Waals surface area contributed by atoms with Gasteiger partial charge in [-0.1, -0.05) is 6.07 Å². The van der Waals surface area contributed by atoms with Crippen LogP contribution in [0.25, 0.3) is 11.1 Å². The first-order chi connectivity index (χ1) is 10.4. The van der Waals surface area contributed by atoms with Gasteiger partial charge in [0.1, 0.15) is 0 Å². The summed E-state index contributed by atoms with van der Waals surface area (Å²) in [5.41, 5.74) is 0.819. The van der Waals surface area contributed by atoms with E-state index in [9.17, 15) is 30.3 Å². The van der Waals surface area contributed by atoms with E-state index in [1.807, 2.05) is 0 Å². The minimum Gasteiger partial charge on any atom is -0.258 e. The smallest absolute Gasteiger partial charge is 0.258 e. The normalized spacial score (nSPS) is 11.6. The van der Waals surface area contributed by atoms with Gasteiger partial charge >= 0.3 is 0 Å². The zero-order valence-electron chi connectivity index (χ0n) is 10.9. The van der Waals surface area contributed by atoms with Crippen molar-refractivity contribution in [2.45, 2.75) is 6.42 Å².